The summed E-state index contributed by atoms with van der Waals surface area (Å²) in [6, 6.07) is 8.62. The summed E-state index contributed by atoms with van der Waals surface area (Å²) >= 11 is 1.41. The predicted molar refractivity (Wildman–Crippen MR) is 102 cm³/mol. The summed E-state index contributed by atoms with van der Waals surface area (Å²) in [5.74, 6) is -0.268. The maximum Gasteiger partial charge on any atom is 0.262 e. The van der Waals surface area contributed by atoms with Crippen LogP contribution in [0.4, 0.5) is 11.4 Å². The molecule has 2 amide bonds. The number of hydrogen-bond acceptors (Lipinski definition) is 5. The van der Waals surface area contributed by atoms with E-state index in [1.54, 1.807) is 37.3 Å². The minimum atomic E-state index is -0.201. The molecule has 0 aliphatic heterocycles. The van der Waals surface area contributed by atoms with Crippen LogP contribution >= 0.6 is 11.3 Å². The molecule has 3 aromatic rings. The van der Waals surface area contributed by atoms with Crippen molar-refractivity contribution in [3.05, 3.63) is 52.4 Å². The van der Waals surface area contributed by atoms with Gasteiger partial charge in [-0.15, -0.1) is 11.3 Å². The number of carbonyl (C=O) groups is 2. The molecule has 0 radical (unpaired) electrons. The summed E-state index contributed by atoms with van der Waals surface area (Å²) in [6.45, 7) is 2.04. The van der Waals surface area contributed by atoms with Gasteiger partial charge in [-0.1, -0.05) is 6.92 Å². The smallest absolute Gasteiger partial charge is 0.262 e. The Balaban J connectivity index is 1.57. The predicted octanol–water partition coefficient (Wildman–Crippen LogP) is 2.84. The number of aromatic nitrogens is 2. The van der Waals surface area contributed by atoms with Crippen molar-refractivity contribution in [1.29, 1.82) is 0 Å². The number of thiophene rings is 1. The molecule has 2 aromatic heterocycles. The van der Waals surface area contributed by atoms with Gasteiger partial charge < -0.3 is 10.6 Å². The fourth-order valence-corrected chi connectivity index (χ4v) is 3.11. The van der Waals surface area contributed by atoms with Crippen LogP contribution in [0, 0.1) is 0 Å². The van der Waals surface area contributed by atoms with Gasteiger partial charge in [-0.2, -0.15) is 0 Å². The van der Waals surface area contributed by atoms with Crippen molar-refractivity contribution in [2.45, 2.75) is 26.3 Å². The molecule has 0 atom stereocenters. The van der Waals surface area contributed by atoms with Crippen LogP contribution in [0.25, 0.3) is 10.2 Å². The van der Waals surface area contributed by atoms with E-state index in [4.69, 9.17) is 0 Å². The molecule has 3 rings (SSSR count). The van der Waals surface area contributed by atoms with Gasteiger partial charge in [-0.3, -0.25) is 19.0 Å². The van der Waals surface area contributed by atoms with Crippen molar-refractivity contribution >= 4 is 44.7 Å². The van der Waals surface area contributed by atoms with Crippen molar-refractivity contribution in [2.75, 3.05) is 10.6 Å². The van der Waals surface area contributed by atoms with Gasteiger partial charge in [0.1, 0.15) is 4.83 Å². The van der Waals surface area contributed by atoms with E-state index in [2.05, 4.69) is 15.6 Å². The molecule has 0 spiro atoms. The SMILES string of the molecule is CCC(=O)Nc1ccc(NC(=O)CCn2cnc3sccc3c2=O)cc1. The van der Waals surface area contributed by atoms with Gasteiger partial charge in [0, 0.05) is 30.8 Å². The van der Waals surface area contributed by atoms with Crippen molar-refractivity contribution < 1.29 is 9.59 Å². The highest BCUT2D eigenvalue weighted by molar-refractivity contribution is 7.16. The second kappa shape index (κ2) is 7.92. The topological polar surface area (TPSA) is 93.1 Å². The molecule has 8 heteroatoms. The molecular formula is C18H18N4O3S. The molecule has 7 nitrogen and oxygen atoms in total. The molecule has 0 saturated heterocycles. The highest BCUT2D eigenvalue weighted by Gasteiger charge is 2.08. The quantitative estimate of drug-likeness (QED) is 0.698. The van der Waals surface area contributed by atoms with Crippen LogP contribution in [0.5, 0.6) is 0 Å². The lowest BCUT2D eigenvalue weighted by atomic mass is 10.2. The number of benzene rings is 1. The standard InChI is InChI=1S/C18H18N4O3S/c1-2-15(23)20-12-3-5-13(6-4-12)21-16(24)7-9-22-11-19-17-14(18(22)25)8-10-26-17/h3-6,8,10-11H,2,7,9H2,1H3,(H,20,23)(H,21,24). The van der Waals surface area contributed by atoms with E-state index in [-0.39, 0.29) is 30.3 Å². The Bertz CT molecular complexity index is 992. The molecular weight excluding hydrogens is 352 g/mol. The zero-order valence-electron chi connectivity index (χ0n) is 14.2. The first kappa shape index (κ1) is 17.8. The number of anilines is 2. The number of rotatable bonds is 6. The zero-order chi connectivity index (χ0) is 18.5. The summed E-state index contributed by atoms with van der Waals surface area (Å²) in [5, 5.41) is 7.91. The van der Waals surface area contributed by atoms with E-state index >= 15 is 0 Å². The maximum absolute atomic E-state index is 12.3. The van der Waals surface area contributed by atoms with E-state index < -0.39 is 0 Å². The Morgan fingerprint density at radius 3 is 2.38 bits per heavy atom. The minimum absolute atomic E-state index is 0.0663. The lowest BCUT2D eigenvalue weighted by Gasteiger charge is -2.08. The highest BCUT2D eigenvalue weighted by atomic mass is 32.1. The number of amides is 2. The fourth-order valence-electron chi connectivity index (χ4n) is 2.38. The highest BCUT2D eigenvalue weighted by Crippen LogP contribution is 2.15. The summed E-state index contributed by atoms with van der Waals surface area (Å²) in [4.78, 5) is 40.6. The first-order valence-electron chi connectivity index (χ1n) is 8.19. The summed E-state index contributed by atoms with van der Waals surface area (Å²) in [5.41, 5.74) is 1.17. The van der Waals surface area contributed by atoms with E-state index in [0.29, 0.717) is 28.0 Å². The van der Waals surface area contributed by atoms with Crippen molar-refractivity contribution in [3.8, 4) is 0 Å². The van der Waals surface area contributed by atoms with Crippen LogP contribution in [0.2, 0.25) is 0 Å². The van der Waals surface area contributed by atoms with E-state index in [9.17, 15) is 14.4 Å². The summed E-state index contributed by atoms with van der Waals surface area (Å²) in [7, 11) is 0. The number of nitrogens with one attached hydrogen (secondary N) is 2. The van der Waals surface area contributed by atoms with Gasteiger partial charge in [-0.05, 0) is 35.7 Å². The average molecular weight is 370 g/mol. The largest absolute Gasteiger partial charge is 0.326 e. The first-order valence-corrected chi connectivity index (χ1v) is 9.07. The van der Waals surface area contributed by atoms with Gasteiger partial charge in [0.25, 0.3) is 5.56 Å². The number of aryl methyl sites for hydroxylation is 1. The van der Waals surface area contributed by atoms with E-state index in [1.165, 1.54) is 22.2 Å². The van der Waals surface area contributed by atoms with Gasteiger partial charge in [0.15, 0.2) is 0 Å². The Kier molecular flexibility index (Phi) is 5.43. The second-order valence-corrected chi connectivity index (χ2v) is 6.55. The molecule has 2 N–H and O–H groups in total. The van der Waals surface area contributed by atoms with Crippen LogP contribution in [-0.4, -0.2) is 21.4 Å². The van der Waals surface area contributed by atoms with Crippen LogP contribution in [0.15, 0.2) is 46.8 Å². The minimum Gasteiger partial charge on any atom is -0.326 e. The third-order valence-electron chi connectivity index (χ3n) is 3.80. The second-order valence-electron chi connectivity index (χ2n) is 5.66. The van der Waals surface area contributed by atoms with Crippen LogP contribution < -0.4 is 16.2 Å². The Morgan fingerprint density at radius 2 is 1.73 bits per heavy atom. The van der Waals surface area contributed by atoms with Gasteiger partial charge in [0.2, 0.25) is 11.8 Å². The molecule has 2 heterocycles. The van der Waals surface area contributed by atoms with Crippen molar-refractivity contribution in [1.82, 2.24) is 9.55 Å². The van der Waals surface area contributed by atoms with Crippen LogP contribution in [0.1, 0.15) is 19.8 Å². The molecule has 0 unspecified atom stereocenters. The Hall–Kier alpha value is -3.00. The molecule has 0 aliphatic rings. The van der Waals surface area contributed by atoms with E-state index in [0.717, 1.165) is 0 Å². The molecule has 134 valence electrons. The number of hydrogen-bond donors (Lipinski definition) is 2. The fraction of sp³-hybridized carbons (Fsp3) is 0.222. The lowest BCUT2D eigenvalue weighted by molar-refractivity contribution is -0.117. The molecule has 0 bridgehead atoms. The van der Waals surface area contributed by atoms with E-state index in [1.807, 2.05) is 5.38 Å². The van der Waals surface area contributed by atoms with Gasteiger partial charge in [0.05, 0.1) is 11.7 Å². The van der Waals surface area contributed by atoms with Gasteiger partial charge >= 0.3 is 0 Å². The number of nitrogens with zero attached hydrogens (tertiary/aromatic N) is 2. The van der Waals surface area contributed by atoms with Crippen LogP contribution in [0.3, 0.4) is 0 Å². The summed E-state index contributed by atoms with van der Waals surface area (Å²) < 4.78 is 1.44. The third-order valence-corrected chi connectivity index (χ3v) is 4.62. The molecule has 1 aromatic carbocycles. The maximum atomic E-state index is 12.3. The molecule has 0 saturated carbocycles. The Morgan fingerprint density at radius 1 is 1.08 bits per heavy atom. The number of fused-ring (bicyclic) bond motifs is 1. The lowest BCUT2D eigenvalue weighted by Crippen LogP contribution is -2.23. The number of carbonyl (C=O) groups excluding carboxylic acids is 2. The average Bonchev–Trinajstić information content (AvgIpc) is 3.12. The van der Waals surface area contributed by atoms with Crippen molar-refractivity contribution in [2.24, 2.45) is 0 Å². The van der Waals surface area contributed by atoms with Crippen molar-refractivity contribution in [3.63, 3.8) is 0 Å². The monoisotopic (exact) mass is 370 g/mol. The normalized spacial score (nSPS) is 10.7. The first-order chi connectivity index (χ1) is 12.6. The van der Waals surface area contributed by atoms with Gasteiger partial charge in [-0.25, -0.2) is 4.98 Å². The summed E-state index contributed by atoms with van der Waals surface area (Å²) in [6.07, 6.45) is 2.04. The molecule has 0 fully saturated rings. The van der Waals surface area contributed by atoms with Crippen LogP contribution in [-0.2, 0) is 16.1 Å². The zero-order valence-corrected chi connectivity index (χ0v) is 15.0. The third kappa shape index (κ3) is 4.15. The molecule has 0 aliphatic carbocycles. The molecule has 26 heavy (non-hydrogen) atoms. The Labute approximate surface area is 153 Å².